The summed E-state index contributed by atoms with van der Waals surface area (Å²) in [5.41, 5.74) is 1.61. The van der Waals surface area contributed by atoms with Gasteiger partial charge in [-0.2, -0.15) is 0 Å². The third kappa shape index (κ3) is 4.90. The first-order chi connectivity index (χ1) is 12.9. The van der Waals surface area contributed by atoms with Gasteiger partial charge in [0.25, 0.3) is 5.91 Å². The molecule has 1 atom stereocenters. The summed E-state index contributed by atoms with van der Waals surface area (Å²) in [6.07, 6.45) is 4.67. The molecule has 3 rings (SSSR count). The van der Waals surface area contributed by atoms with Crippen LogP contribution in [0.5, 0.6) is 0 Å². The van der Waals surface area contributed by atoms with Crippen molar-refractivity contribution in [3.05, 3.63) is 70.3 Å². The van der Waals surface area contributed by atoms with Crippen LogP contribution in [0, 0.1) is 11.6 Å². The maximum Gasteiger partial charge on any atom is 0.257 e. The molecule has 2 aromatic carbocycles. The van der Waals surface area contributed by atoms with Gasteiger partial charge >= 0.3 is 0 Å². The highest BCUT2D eigenvalue weighted by Crippen LogP contribution is 2.32. The first kappa shape index (κ1) is 22.3. The number of carbonyl (C=O) groups excluding carboxylic acids is 1. The van der Waals surface area contributed by atoms with Crippen molar-refractivity contribution >= 4 is 41.2 Å². The Labute approximate surface area is 174 Å². The van der Waals surface area contributed by atoms with Crippen LogP contribution in [0.1, 0.15) is 35.2 Å². The molecule has 1 N–H and O–H groups in total. The highest BCUT2D eigenvalue weighted by atomic mass is 35.5. The third-order valence-electron chi connectivity index (χ3n) is 4.88. The number of amides is 1. The van der Waals surface area contributed by atoms with Gasteiger partial charge in [0.15, 0.2) is 5.82 Å². The van der Waals surface area contributed by atoms with Crippen LogP contribution in [-0.4, -0.2) is 30.9 Å². The molecule has 0 radical (unpaired) electrons. The molecule has 7 heteroatoms. The molecule has 0 heterocycles. The van der Waals surface area contributed by atoms with Crippen molar-refractivity contribution in [2.45, 2.75) is 25.3 Å². The molecule has 1 aliphatic rings. The number of hydrogen-bond donors (Lipinski definition) is 1. The lowest BCUT2D eigenvalue weighted by atomic mass is 9.90. The lowest BCUT2D eigenvalue weighted by Crippen LogP contribution is -2.29. The number of allylic oxidation sites excluding steroid dienone is 1. The fourth-order valence-electron chi connectivity index (χ4n) is 3.27. The van der Waals surface area contributed by atoms with Crippen LogP contribution < -0.4 is 5.32 Å². The van der Waals surface area contributed by atoms with E-state index in [4.69, 9.17) is 11.6 Å². The molecule has 0 aliphatic heterocycles. The predicted octanol–water partition coefficient (Wildman–Crippen LogP) is 5.79. The Morgan fingerprint density at radius 2 is 1.96 bits per heavy atom. The van der Waals surface area contributed by atoms with Crippen molar-refractivity contribution in [1.29, 1.82) is 0 Å². The minimum Gasteiger partial charge on any atom is -0.319 e. The first-order valence-electron chi connectivity index (χ1n) is 8.77. The van der Waals surface area contributed by atoms with Crippen molar-refractivity contribution in [3.8, 4) is 0 Å². The summed E-state index contributed by atoms with van der Waals surface area (Å²) in [5, 5.41) is 2.52. The van der Waals surface area contributed by atoms with Crippen molar-refractivity contribution in [1.82, 2.24) is 4.90 Å². The summed E-state index contributed by atoms with van der Waals surface area (Å²) >= 11 is 5.91. The van der Waals surface area contributed by atoms with Crippen LogP contribution in [0.4, 0.5) is 14.5 Å². The molecule has 3 nitrogen and oxygen atoms in total. The average Bonchev–Trinajstić information content (AvgIpc) is 2.63. The highest BCUT2D eigenvalue weighted by Gasteiger charge is 2.21. The summed E-state index contributed by atoms with van der Waals surface area (Å²) in [6.45, 7) is 0. The quantitative estimate of drug-likeness (QED) is 0.670. The summed E-state index contributed by atoms with van der Waals surface area (Å²) in [6, 6.07) is 8.86. The molecule has 0 bridgehead atoms. The van der Waals surface area contributed by atoms with Crippen LogP contribution in [0.15, 0.2) is 42.5 Å². The Balaban J connectivity index is 0.00000280. The van der Waals surface area contributed by atoms with E-state index in [-0.39, 0.29) is 28.7 Å². The molecule has 0 spiro atoms. The van der Waals surface area contributed by atoms with E-state index in [0.717, 1.165) is 37.0 Å². The second-order valence-corrected chi connectivity index (χ2v) is 7.27. The smallest absolute Gasteiger partial charge is 0.257 e. The van der Waals surface area contributed by atoms with Gasteiger partial charge in [-0.15, -0.1) is 12.4 Å². The largest absolute Gasteiger partial charge is 0.319 e. The standard InChI is InChI=1S/C21H21ClF2N2O.ClH/c1-26(2)15-9-6-13(7-10-15)16-4-3-5-19(20(16)24)25-21(27)17-11-8-14(23)12-18(17)22;/h3-6,8,11-12,15H,7,9-10H2,1-2H3,(H,25,27);1H. The maximum atomic E-state index is 15.0. The van der Waals surface area contributed by atoms with Crippen molar-refractivity contribution < 1.29 is 13.6 Å². The Kier molecular flexibility index (Phi) is 7.58. The zero-order valence-corrected chi connectivity index (χ0v) is 17.2. The molecule has 1 amide bonds. The van der Waals surface area contributed by atoms with Crippen LogP contribution in [-0.2, 0) is 0 Å². The summed E-state index contributed by atoms with van der Waals surface area (Å²) in [7, 11) is 4.08. The summed E-state index contributed by atoms with van der Waals surface area (Å²) in [4.78, 5) is 14.6. The Bertz CT molecular complexity index is 900. The number of nitrogens with one attached hydrogen (secondary N) is 1. The van der Waals surface area contributed by atoms with E-state index in [2.05, 4.69) is 16.3 Å². The zero-order chi connectivity index (χ0) is 19.6. The van der Waals surface area contributed by atoms with Gasteiger partial charge in [0.1, 0.15) is 5.82 Å². The van der Waals surface area contributed by atoms with Gasteiger partial charge in [0, 0.05) is 11.6 Å². The van der Waals surface area contributed by atoms with E-state index in [0.29, 0.717) is 11.6 Å². The number of nitrogens with zero attached hydrogens (tertiary/aromatic N) is 1. The Hall–Kier alpha value is -1.95. The molecule has 0 saturated carbocycles. The molecule has 28 heavy (non-hydrogen) atoms. The zero-order valence-electron chi connectivity index (χ0n) is 15.6. The van der Waals surface area contributed by atoms with E-state index in [1.165, 1.54) is 12.1 Å². The summed E-state index contributed by atoms with van der Waals surface area (Å²) < 4.78 is 28.1. The minimum absolute atomic E-state index is 0. The van der Waals surface area contributed by atoms with Gasteiger partial charge in [-0.3, -0.25) is 4.79 Å². The van der Waals surface area contributed by atoms with E-state index >= 15 is 0 Å². The van der Waals surface area contributed by atoms with Crippen molar-refractivity contribution in [2.75, 3.05) is 19.4 Å². The van der Waals surface area contributed by atoms with E-state index in [1.54, 1.807) is 12.1 Å². The van der Waals surface area contributed by atoms with Gasteiger partial charge in [0.2, 0.25) is 0 Å². The molecule has 1 unspecified atom stereocenters. The van der Waals surface area contributed by atoms with Gasteiger partial charge in [-0.25, -0.2) is 8.78 Å². The number of anilines is 1. The predicted molar refractivity (Wildman–Crippen MR) is 112 cm³/mol. The molecule has 0 aromatic heterocycles. The number of rotatable bonds is 4. The number of benzene rings is 2. The number of hydrogen-bond acceptors (Lipinski definition) is 2. The normalized spacial score (nSPS) is 16.4. The lowest BCUT2D eigenvalue weighted by molar-refractivity contribution is 0.102. The Morgan fingerprint density at radius 1 is 1.21 bits per heavy atom. The van der Waals surface area contributed by atoms with Crippen LogP contribution >= 0.6 is 24.0 Å². The second-order valence-electron chi connectivity index (χ2n) is 6.87. The molecule has 2 aromatic rings. The third-order valence-corrected chi connectivity index (χ3v) is 5.19. The second kappa shape index (κ2) is 9.50. The Morgan fingerprint density at radius 3 is 2.57 bits per heavy atom. The summed E-state index contributed by atoms with van der Waals surface area (Å²) in [5.74, 6) is -1.59. The molecule has 0 saturated heterocycles. The van der Waals surface area contributed by atoms with Crippen LogP contribution in [0.3, 0.4) is 0 Å². The van der Waals surface area contributed by atoms with Gasteiger partial charge in [-0.1, -0.05) is 29.8 Å². The van der Waals surface area contributed by atoms with Crippen LogP contribution in [0.2, 0.25) is 5.02 Å². The SMILES string of the molecule is CN(C)C1CC=C(c2cccc(NC(=O)c3ccc(F)cc3Cl)c2F)CC1.Cl. The van der Waals surface area contributed by atoms with Crippen molar-refractivity contribution in [3.63, 3.8) is 0 Å². The molecule has 1 aliphatic carbocycles. The molecule has 150 valence electrons. The first-order valence-corrected chi connectivity index (χ1v) is 9.15. The average molecular weight is 427 g/mol. The fourth-order valence-corrected chi connectivity index (χ4v) is 3.53. The van der Waals surface area contributed by atoms with Gasteiger partial charge < -0.3 is 10.2 Å². The monoisotopic (exact) mass is 426 g/mol. The van der Waals surface area contributed by atoms with Crippen LogP contribution in [0.25, 0.3) is 5.57 Å². The molecule has 0 fully saturated rings. The molecular formula is C21H22Cl2F2N2O. The minimum atomic E-state index is -0.582. The fraction of sp³-hybridized carbons (Fsp3) is 0.286. The highest BCUT2D eigenvalue weighted by molar-refractivity contribution is 6.34. The number of halogens is 4. The van der Waals surface area contributed by atoms with Gasteiger partial charge in [-0.05, 0) is 63.2 Å². The number of carbonyl (C=O) groups is 1. The maximum absolute atomic E-state index is 15.0. The molecular weight excluding hydrogens is 405 g/mol. The topological polar surface area (TPSA) is 32.3 Å². The van der Waals surface area contributed by atoms with E-state index in [9.17, 15) is 13.6 Å². The lowest BCUT2D eigenvalue weighted by Gasteiger charge is -2.28. The van der Waals surface area contributed by atoms with Gasteiger partial charge in [0.05, 0.1) is 16.3 Å². The van der Waals surface area contributed by atoms with E-state index in [1.807, 2.05) is 14.1 Å². The van der Waals surface area contributed by atoms with Crippen molar-refractivity contribution in [2.24, 2.45) is 0 Å². The van der Waals surface area contributed by atoms with E-state index < -0.39 is 17.5 Å².